The summed E-state index contributed by atoms with van der Waals surface area (Å²) in [6.45, 7) is 7.78. The number of hydrogen-bond acceptors (Lipinski definition) is 2. The molecule has 1 aliphatic heterocycles. The van der Waals surface area contributed by atoms with Crippen LogP contribution < -0.4 is 0 Å². The summed E-state index contributed by atoms with van der Waals surface area (Å²) in [6, 6.07) is 6.32. The Morgan fingerprint density at radius 3 is 2.61 bits per heavy atom. The third-order valence-electron chi connectivity index (χ3n) is 4.00. The molecule has 1 N–H and O–H groups in total. The van der Waals surface area contributed by atoms with Gasteiger partial charge in [0.15, 0.2) is 0 Å². The molecule has 2 nitrogen and oxygen atoms in total. The lowest BCUT2D eigenvalue weighted by molar-refractivity contribution is -0.00342. The summed E-state index contributed by atoms with van der Waals surface area (Å²) in [6.07, 6.45) is 2.97. The van der Waals surface area contributed by atoms with Gasteiger partial charge in [0.2, 0.25) is 0 Å². The van der Waals surface area contributed by atoms with Gasteiger partial charge in [-0.2, -0.15) is 0 Å². The fourth-order valence-electron chi connectivity index (χ4n) is 2.94. The van der Waals surface area contributed by atoms with E-state index in [4.69, 9.17) is 4.74 Å². The van der Waals surface area contributed by atoms with Gasteiger partial charge in [-0.05, 0) is 57.1 Å². The second kappa shape index (κ2) is 5.41. The van der Waals surface area contributed by atoms with E-state index in [1.165, 1.54) is 11.1 Å². The van der Waals surface area contributed by atoms with Crippen molar-refractivity contribution in [1.29, 1.82) is 0 Å². The molecule has 100 valence electrons. The van der Waals surface area contributed by atoms with Gasteiger partial charge in [-0.3, -0.25) is 0 Å². The average Bonchev–Trinajstić information content (AvgIpc) is 2.33. The van der Waals surface area contributed by atoms with Gasteiger partial charge in [0.1, 0.15) is 0 Å². The summed E-state index contributed by atoms with van der Waals surface area (Å²) in [5.74, 6) is 0.577. The van der Waals surface area contributed by atoms with E-state index in [0.29, 0.717) is 5.92 Å². The van der Waals surface area contributed by atoms with Crippen LogP contribution in [-0.2, 0) is 10.3 Å². The fourth-order valence-corrected chi connectivity index (χ4v) is 2.94. The minimum Gasteiger partial charge on any atom is -0.385 e. The molecule has 0 bridgehead atoms. The van der Waals surface area contributed by atoms with Gasteiger partial charge >= 0.3 is 0 Å². The molecule has 18 heavy (non-hydrogen) atoms. The van der Waals surface area contributed by atoms with E-state index < -0.39 is 5.60 Å². The molecule has 0 aliphatic carbocycles. The lowest BCUT2D eigenvalue weighted by Gasteiger charge is -2.32. The van der Waals surface area contributed by atoms with Crippen molar-refractivity contribution >= 4 is 0 Å². The minimum atomic E-state index is -0.724. The van der Waals surface area contributed by atoms with Crippen LogP contribution in [0.1, 0.15) is 42.9 Å². The highest BCUT2D eigenvalue weighted by Crippen LogP contribution is 2.34. The maximum Gasteiger partial charge on any atom is 0.0873 e. The lowest BCUT2D eigenvalue weighted by atomic mass is 9.81. The van der Waals surface area contributed by atoms with Crippen LogP contribution in [0.3, 0.4) is 0 Å². The second-order valence-electron chi connectivity index (χ2n) is 5.85. The van der Waals surface area contributed by atoms with Gasteiger partial charge in [0.25, 0.3) is 0 Å². The summed E-state index contributed by atoms with van der Waals surface area (Å²) in [5.41, 5.74) is 2.74. The summed E-state index contributed by atoms with van der Waals surface area (Å²) in [5, 5.41) is 10.8. The van der Waals surface area contributed by atoms with Crippen LogP contribution in [0.15, 0.2) is 18.2 Å². The summed E-state index contributed by atoms with van der Waals surface area (Å²) < 4.78 is 5.38. The largest absolute Gasteiger partial charge is 0.385 e. The molecule has 0 aromatic heterocycles. The number of aryl methyl sites for hydroxylation is 2. The summed E-state index contributed by atoms with van der Waals surface area (Å²) >= 11 is 0. The zero-order chi connectivity index (χ0) is 13.2. The van der Waals surface area contributed by atoms with Crippen molar-refractivity contribution in [3.8, 4) is 0 Å². The molecule has 0 radical (unpaired) electrons. The Bertz CT molecular complexity index is 404. The molecule has 2 rings (SSSR count). The number of hydrogen-bond donors (Lipinski definition) is 1. The monoisotopic (exact) mass is 248 g/mol. The SMILES string of the molecule is Cc1ccc(C)c(C(C)(O)CC2CCOCC2)c1. The molecule has 0 saturated carbocycles. The van der Waals surface area contributed by atoms with Crippen LogP contribution in [0, 0.1) is 19.8 Å². The van der Waals surface area contributed by atoms with Crippen molar-refractivity contribution < 1.29 is 9.84 Å². The average molecular weight is 248 g/mol. The Labute approximate surface area is 110 Å². The highest BCUT2D eigenvalue weighted by molar-refractivity contribution is 5.34. The highest BCUT2D eigenvalue weighted by atomic mass is 16.5. The Morgan fingerprint density at radius 1 is 1.28 bits per heavy atom. The van der Waals surface area contributed by atoms with Crippen LogP contribution in [0.5, 0.6) is 0 Å². The third kappa shape index (κ3) is 3.12. The van der Waals surface area contributed by atoms with Crippen molar-refractivity contribution in [2.75, 3.05) is 13.2 Å². The van der Waals surface area contributed by atoms with Crippen LogP contribution in [0.2, 0.25) is 0 Å². The molecule has 1 aromatic carbocycles. The first kappa shape index (κ1) is 13.6. The topological polar surface area (TPSA) is 29.5 Å². The normalized spacial score (nSPS) is 20.7. The zero-order valence-electron chi connectivity index (χ0n) is 11.7. The van der Waals surface area contributed by atoms with Crippen LogP contribution in [-0.4, -0.2) is 18.3 Å². The van der Waals surface area contributed by atoms with Crippen molar-refractivity contribution in [3.63, 3.8) is 0 Å². The third-order valence-corrected chi connectivity index (χ3v) is 4.00. The quantitative estimate of drug-likeness (QED) is 0.889. The van der Waals surface area contributed by atoms with Crippen LogP contribution in [0.4, 0.5) is 0 Å². The number of rotatable bonds is 3. The van der Waals surface area contributed by atoms with E-state index in [1.807, 2.05) is 6.92 Å². The van der Waals surface area contributed by atoms with Gasteiger partial charge in [-0.1, -0.05) is 23.8 Å². The number of aliphatic hydroxyl groups is 1. The lowest BCUT2D eigenvalue weighted by Crippen LogP contribution is -2.29. The molecular formula is C16H24O2. The predicted molar refractivity (Wildman–Crippen MR) is 73.6 cm³/mol. The van der Waals surface area contributed by atoms with E-state index >= 15 is 0 Å². The Hall–Kier alpha value is -0.860. The molecule has 1 atom stereocenters. The van der Waals surface area contributed by atoms with E-state index in [9.17, 15) is 5.11 Å². The van der Waals surface area contributed by atoms with Crippen molar-refractivity contribution in [2.45, 2.75) is 45.6 Å². The Balaban J connectivity index is 2.15. The zero-order valence-corrected chi connectivity index (χ0v) is 11.7. The second-order valence-corrected chi connectivity index (χ2v) is 5.85. The van der Waals surface area contributed by atoms with Crippen LogP contribution in [0.25, 0.3) is 0 Å². The number of benzene rings is 1. The fraction of sp³-hybridized carbons (Fsp3) is 0.625. The number of ether oxygens (including phenoxy) is 1. The molecule has 1 aliphatic rings. The molecule has 0 amide bonds. The first-order valence-corrected chi connectivity index (χ1v) is 6.87. The smallest absolute Gasteiger partial charge is 0.0873 e. The molecular weight excluding hydrogens is 224 g/mol. The Morgan fingerprint density at radius 2 is 1.94 bits per heavy atom. The van der Waals surface area contributed by atoms with E-state index in [1.54, 1.807) is 0 Å². The summed E-state index contributed by atoms with van der Waals surface area (Å²) in [7, 11) is 0. The predicted octanol–water partition coefficient (Wildman–Crippen LogP) is 3.33. The van der Waals surface area contributed by atoms with E-state index in [0.717, 1.165) is 38.0 Å². The first-order valence-electron chi connectivity index (χ1n) is 6.87. The standard InChI is InChI=1S/C16H24O2/c1-12-4-5-13(2)15(10-12)16(3,17)11-14-6-8-18-9-7-14/h4-5,10,14,17H,6-9,11H2,1-3H3. The molecule has 1 unspecified atom stereocenters. The molecule has 1 fully saturated rings. The highest BCUT2D eigenvalue weighted by Gasteiger charge is 2.29. The van der Waals surface area contributed by atoms with Gasteiger partial charge in [0.05, 0.1) is 5.60 Å². The maximum atomic E-state index is 10.8. The molecule has 1 heterocycles. The van der Waals surface area contributed by atoms with Gasteiger partial charge in [-0.25, -0.2) is 0 Å². The molecule has 1 saturated heterocycles. The summed E-state index contributed by atoms with van der Waals surface area (Å²) in [4.78, 5) is 0. The van der Waals surface area contributed by atoms with Crippen molar-refractivity contribution in [1.82, 2.24) is 0 Å². The van der Waals surface area contributed by atoms with Gasteiger partial charge in [0, 0.05) is 13.2 Å². The van der Waals surface area contributed by atoms with Gasteiger partial charge in [-0.15, -0.1) is 0 Å². The van der Waals surface area contributed by atoms with Crippen LogP contribution >= 0.6 is 0 Å². The van der Waals surface area contributed by atoms with Crippen molar-refractivity contribution in [2.24, 2.45) is 5.92 Å². The van der Waals surface area contributed by atoms with Gasteiger partial charge < -0.3 is 9.84 Å². The maximum absolute atomic E-state index is 10.8. The molecule has 0 spiro atoms. The van der Waals surface area contributed by atoms with E-state index in [2.05, 4.69) is 32.0 Å². The van der Waals surface area contributed by atoms with Crippen molar-refractivity contribution in [3.05, 3.63) is 34.9 Å². The minimum absolute atomic E-state index is 0.577. The Kier molecular flexibility index (Phi) is 4.08. The van der Waals surface area contributed by atoms with E-state index in [-0.39, 0.29) is 0 Å². The molecule has 1 aromatic rings. The first-order chi connectivity index (χ1) is 8.49. The molecule has 2 heteroatoms.